The average molecular weight is 348 g/mol. The standard InChI is InChI=1S/C18H21FN2O2S/c1-20(2)16-9-5-14(6-10-16)18-4-3-13-21(18)24(22,23)17-11-7-15(19)8-12-17/h5-12,18H,3-4,13H2,1-2H3/t18-/m0/s1. The van der Waals surface area contributed by atoms with Gasteiger partial charge in [-0.1, -0.05) is 12.1 Å². The predicted molar refractivity (Wildman–Crippen MR) is 93.0 cm³/mol. The van der Waals surface area contributed by atoms with Crippen LogP contribution >= 0.6 is 0 Å². The van der Waals surface area contributed by atoms with Crippen molar-refractivity contribution >= 4 is 15.7 Å². The first-order valence-corrected chi connectivity index (χ1v) is 9.38. The Morgan fingerprint density at radius 3 is 2.25 bits per heavy atom. The SMILES string of the molecule is CN(C)c1ccc([C@@H]2CCCN2S(=O)(=O)c2ccc(F)cc2)cc1. The lowest BCUT2D eigenvalue weighted by Gasteiger charge is -2.25. The third-order valence-corrected chi connectivity index (χ3v) is 6.34. The molecule has 2 aromatic rings. The zero-order valence-electron chi connectivity index (χ0n) is 13.8. The largest absolute Gasteiger partial charge is 0.378 e. The van der Waals surface area contributed by atoms with Gasteiger partial charge in [-0.25, -0.2) is 12.8 Å². The molecule has 0 N–H and O–H groups in total. The van der Waals surface area contributed by atoms with Crippen molar-refractivity contribution in [3.05, 3.63) is 59.9 Å². The number of benzene rings is 2. The quantitative estimate of drug-likeness (QED) is 0.850. The first-order valence-electron chi connectivity index (χ1n) is 7.94. The Morgan fingerprint density at radius 1 is 1.04 bits per heavy atom. The minimum Gasteiger partial charge on any atom is -0.378 e. The van der Waals surface area contributed by atoms with Gasteiger partial charge >= 0.3 is 0 Å². The Kier molecular flexibility index (Phi) is 4.60. The van der Waals surface area contributed by atoms with E-state index < -0.39 is 15.8 Å². The molecular weight excluding hydrogens is 327 g/mol. The summed E-state index contributed by atoms with van der Waals surface area (Å²) >= 11 is 0. The normalized spacial score (nSPS) is 18.7. The third kappa shape index (κ3) is 3.16. The lowest BCUT2D eigenvalue weighted by molar-refractivity contribution is 0.396. The summed E-state index contributed by atoms with van der Waals surface area (Å²) in [5.41, 5.74) is 2.06. The Morgan fingerprint density at radius 2 is 1.67 bits per heavy atom. The molecule has 24 heavy (non-hydrogen) atoms. The zero-order valence-corrected chi connectivity index (χ0v) is 14.6. The highest BCUT2D eigenvalue weighted by Crippen LogP contribution is 2.37. The third-order valence-electron chi connectivity index (χ3n) is 4.42. The lowest BCUT2D eigenvalue weighted by Crippen LogP contribution is -2.30. The maximum atomic E-state index is 13.1. The molecule has 2 aromatic carbocycles. The van der Waals surface area contributed by atoms with Gasteiger partial charge in [0.1, 0.15) is 5.82 Å². The summed E-state index contributed by atoms with van der Waals surface area (Å²) in [4.78, 5) is 2.14. The highest BCUT2D eigenvalue weighted by Gasteiger charge is 2.36. The first kappa shape index (κ1) is 16.9. The Balaban J connectivity index is 1.91. The summed E-state index contributed by atoms with van der Waals surface area (Å²) in [5, 5.41) is 0. The van der Waals surface area contributed by atoms with Crippen molar-refractivity contribution in [2.75, 3.05) is 25.5 Å². The second kappa shape index (κ2) is 6.53. The number of hydrogen-bond acceptors (Lipinski definition) is 3. The van der Waals surface area contributed by atoms with Gasteiger partial charge in [-0.3, -0.25) is 0 Å². The number of hydrogen-bond donors (Lipinski definition) is 0. The molecule has 0 aromatic heterocycles. The fourth-order valence-electron chi connectivity index (χ4n) is 3.10. The number of nitrogens with zero attached hydrogens (tertiary/aromatic N) is 2. The number of sulfonamides is 1. The van der Waals surface area contributed by atoms with E-state index in [2.05, 4.69) is 0 Å². The van der Waals surface area contributed by atoms with Crippen molar-refractivity contribution in [2.45, 2.75) is 23.8 Å². The van der Waals surface area contributed by atoms with Crippen LogP contribution in [0.1, 0.15) is 24.4 Å². The molecular formula is C18H21FN2O2S. The summed E-state index contributed by atoms with van der Waals surface area (Å²) in [6.45, 7) is 0.486. The van der Waals surface area contributed by atoms with Crippen LogP contribution in [0.15, 0.2) is 53.4 Å². The summed E-state index contributed by atoms with van der Waals surface area (Å²) in [6.07, 6.45) is 1.61. The number of rotatable bonds is 4. The van der Waals surface area contributed by atoms with E-state index in [1.54, 1.807) is 0 Å². The van der Waals surface area contributed by atoms with Crippen molar-refractivity contribution in [1.29, 1.82) is 0 Å². The minimum atomic E-state index is -3.62. The van der Waals surface area contributed by atoms with Gasteiger partial charge in [0.25, 0.3) is 0 Å². The molecule has 0 saturated carbocycles. The van der Waals surface area contributed by atoms with Crippen LogP contribution in [0.2, 0.25) is 0 Å². The first-order chi connectivity index (χ1) is 11.4. The van der Waals surface area contributed by atoms with Crippen LogP contribution in [0, 0.1) is 5.82 Å². The van der Waals surface area contributed by atoms with Crippen molar-refractivity contribution in [3.63, 3.8) is 0 Å². The molecule has 0 unspecified atom stereocenters. The van der Waals surface area contributed by atoms with Crippen molar-refractivity contribution in [1.82, 2.24) is 4.31 Å². The fraction of sp³-hybridized carbons (Fsp3) is 0.333. The van der Waals surface area contributed by atoms with Crippen LogP contribution in [0.4, 0.5) is 10.1 Å². The highest BCUT2D eigenvalue weighted by atomic mass is 32.2. The molecule has 1 atom stereocenters. The summed E-state index contributed by atoms with van der Waals surface area (Å²) < 4.78 is 40.4. The van der Waals surface area contributed by atoms with E-state index in [1.807, 2.05) is 43.3 Å². The maximum absolute atomic E-state index is 13.1. The topological polar surface area (TPSA) is 40.6 Å². The van der Waals surface area contributed by atoms with Crippen LogP contribution in [-0.2, 0) is 10.0 Å². The summed E-state index contributed by atoms with van der Waals surface area (Å²) in [5.74, 6) is -0.439. The van der Waals surface area contributed by atoms with Crippen LogP contribution in [0.3, 0.4) is 0 Å². The second-order valence-corrected chi connectivity index (χ2v) is 8.10. The van der Waals surface area contributed by atoms with E-state index >= 15 is 0 Å². The minimum absolute atomic E-state index is 0.140. The second-order valence-electron chi connectivity index (χ2n) is 6.21. The van der Waals surface area contributed by atoms with E-state index in [0.717, 1.165) is 24.1 Å². The molecule has 128 valence electrons. The van der Waals surface area contributed by atoms with Crippen LogP contribution in [0.25, 0.3) is 0 Å². The molecule has 0 amide bonds. The van der Waals surface area contributed by atoms with Gasteiger partial charge in [0, 0.05) is 26.3 Å². The van der Waals surface area contributed by atoms with Gasteiger partial charge < -0.3 is 4.90 Å². The number of halogens is 1. The van der Waals surface area contributed by atoms with Gasteiger partial charge in [0.05, 0.1) is 10.9 Å². The molecule has 4 nitrogen and oxygen atoms in total. The fourth-order valence-corrected chi connectivity index (χ4v) is 4.78. The molecule has 1 fully saturated rings. The molecule has 3 rings (SSSR count). The van der Waals surface area contributed by atoms with Crippen LogP contribution in [-0.4, -0.2) is 33.4 Å². The molecule has 1 aliphatic heterocycles. The molecule has 0 radical (unpaired) electrons. The molecule has 1 saturated heterocycles. The van der Waals surface area contributed by atoms with E-state index in [9.17, 15) is 12.8 Å². The smallest absolute Gasteiger partial charge is 0.243 e. The van der Waals surface area contributed by atoms with Crippen LogP contribution < -0.4 is 4.90 Å². The molecule has 0 spiro atoms. The van der Waals surface area contributed by atoms with Gasteiger partial charge in [-0.2, -0.15) is 4.31 Å². The molecule has 0 aliphatic carbocycles. The monoisotopic (exact) mass is 348 g/mol. The average Bonchev–Trinajstić information content (AvgIpc) is 3.06. The van der Waals surface area contributed by atoms with Crippen LogP contribution in [0.5, 0.6) is 0 Å². The van der Waals surface area contributed by atoms with E-state index in [0.29, 0.717) is 6.54 Å². The van der Waals surface area contributed by atoms with Crippen molar-refractivity contribution < 1.29 is 12.8 Å². The Labute approximate surface area is 142 Å². The summed E-state index contributed by atoms with van der Waals surface area (Å²) in [7, 11) is 0.313. The summed E-state index contributed by atoms with van der Waals surface area (Å²) in [6, 6.07) is 12.8. The van der Waals surface area contributed by atoms with Crippen molar-refractivity contribution in [3.8, 4) is 0 Å². The number of anilines is 1. The van der Waals surface area contributed by atoms with E-state index in [4.69, 9.17) is 0 Å². The lowest BCUT2D eigenvalue weighted by atomic mass is 10.1. The maximum Gasteiger partial charge on any atom is 0.243 e. The van der Waals surface area contributed by atoms with Gasteiger partial charge in [0.15, 0.2) is 0 Å². The van der Waals surface area contributed by atoms with Gasteiger partial charge in [-0.15, -0.1) is 0 Å². The predicted octanol–water partition coefficient (Wildman–Crippen LogP) is 3.42. The Hall–Kier alpha value is -1.92. The molecule has 1 aliphatic rings. The molecule has 0 bridgehead atoms. The van der Waals surface area contributed by atoms with Gasteiger partial charge in [0.2, 0.25) is 10.0 Å². The molecule has 6 heteroatoms. The van der Waals surface area contributed by atoms with E-state index in [-0.39, 0.29) is 10.9 Å². The molecule has 1 heterocycles. The van der Waals surface area contributed by atoms with E-state index in [1.165, 1.54) is 28.6 Å². The Bertz CT molecular complexity index is 802. The van der Waals surface area contributed by atoms with Gasteiger partial charge in [-0.05, 0) is 54.8 Å². The highest BCUT2D eigenvalue weighted by molar-refractivity contribution is 7.89. The van der Waals surface area contributed by atoms with Crippen molar-refractivity contribution in [2.24, 2.45) is 0 Å². The zero-order chi connectivity index (χ0) is 17.3.